The molecule has 32 heavy (non-hydrogen) atoms. The minimum Gasteiger partial charge on any atom is -0.363 e. The van der Waals surface area contributed by atoms with Crippen molar-refractivity contribution in [2.45, 2.75) is 45.7 Å². The van der Waals surface area contributed by atoms with E-state index < -0.39 is 0 Å². The van der Waals surface area contributed by atoms with E-state index in [0.717, 1.165) is 34.7 Å². The summed E-state index contributed by atoms with van der Waals surface area (Å²) in [6.45, 7) is 5.15. The molecule has 0 bridgehead atoms. The summed E-state index contributed by atoms with van der Waals surface area (Å²) in [4.78, 5) is 23.1. The smallest absolute Gasteiger partial charge is 0.254 e. The zero-order valence-electron chi connectivity index (χ0n) is 18.4. The maximum atomic E-state index is 15.1. The number of carbonyl (C=O) groups is 1. The Morgan fingerprint density at radius 3 is 2.69 bits per heavy atom. The lowest BCUT2D eigenvalue weighted by atomic mass is 10.00. The maximum Gasteiger partial charge on any atom is 0.254 e. The molecule has 164 valence electrons. The second-order valence-electron chi connectivity index (χ2n) is 8.79. The van der Waals surface area contributed by atoms with Crippen molar-refractivity contribution in [3.05, 3.63) is 77.0 Å². The topological polar surface area (TPSA) is 58.1 Å². The van der Waals surface area contributed by atoms with Crippen LogP contribution in [0.5, 0.6) is 0 Å². The first-order valence-corrected chi connectivity index (χ1v) is 11.3. The quantitative estimate of drug-likeness (QED) is 0.546. The fourth-order valence-electron chi connectivity index (χ4n) is 4.36. The lowest BCUT2D eigenvalue weighted by Crippen LogP contribution is -2.22. The Balaban J connectivity index is 1.36. The molecule has 0 saturated heterocycles. The largest absolute Gasteiger partial charge is 0.363 e. The molecule has 1 aromatic carbocycles. The second-order valence-corrected chi connectivity index (χ2v) is 8.79. The lowest BCUT2D eigenvalue weighted by molar-refractivity contribution is 0.0787. The minimum atomic E-state index is -0.252. The molecule has 5 rings (SSSR count). The van der Waals surface area contributed by atoms with Crippen LogP contribution in [-0.4, -0.2) is 27.3 Å². The standard InChI is InChI=1S/C26H27FN4O/c1-3-31-15-23-22(26(31)32)9-11-29-25(23)30-16(2)18-6-7-21(24(27)14-18)19-8-10-28-20(13-19)12-17-4-5-17/h6-11,13-14,16-17H,3-5,12,15H2,1-2H3,(H,29,30)/t16-/m0/s1. The van der Waals surface area contributed by atoms with Gasteiger partial charge in [0.2, 0.25) is 0 Å². The highest BCUT2D eigenvalue weighted by Crippen LogP contribution is 2.34. The molecule has 2 aromatic heterocycles. The van der Waals surface area contributed by atoms with E-state index in [4.69, 9.17) is 0 Å². The van der Waals surface area contributed by atoms with Crippen molar-refractivity contribution in [3.63, 3.8) is 0 Å². The van der Waals surface area contributed by atoms with Crippen LogP contribution in [0.15, 0.2) is 48.8 Å². The van der Waals surface area contributed by atoms with Gasteiger partial charge in [0.1, 0.15) is 11.6 Å². The van der Waals surface area contributed by atoms with Gasteiger partial charge in [-0.3, -0.25) is 9.78 Å². The van der Waals surface area contributed by atoms with Crippen LogP contribution in [0.1, 0.15) is 59.9 Å². The molecule has 5 nitrogen and oxygen atoms in total. The Morgan fingerprint density at radius 2 is 1.94 bits per heavy atom. The van der Waals surface area contributed by atoms with Crippen molar-refractivity contribution in [3.8, 4) is 11.1 Å². The number of anilines is 1. The third-order valence-corrected chi connectivity index (χ3v) is 6.47. The number of hydrogen-bond donors (Lipinski definition) is 1. The Labute approximate surface area is 187 Å². The zero-order chi connectivity index (χ0) is 22.2. The van der Waals surface area contributed by atoms with Gasteiger partial charge >= 0.3 is 0 Å². The monoisotopic (exact) mass is 430 g/mol. The number of fused-ring (bicyclic) bond motifs is 1. The number of amides is 1. The summed E-state index contributed by atoms with van der Waals surface area (Å²) in [6, 6.07) is 10.8. The van der Waals surface area contributed by atoms with Gasteiger partial charge in [0, 0.05) is 41.3 Å². The van der Waals surface area contributed by atoms with Crippen LogP contribution in [0, 0.1) is 11.7 Å². The summed E-state index contributed by atoms with van der Waals surface area (Å²) >= 11 is 0. The molecule has 3 heterocycles. The Kier molecular flexibility index (Phi) is 5.37. The number of carbonyl (C=O) groups excluding carboxylic acids is 1. The van der Waals surface area contributed by atoms with E-state index in [0.29, 0.717) is 30.0 Å². The number of rotatable bonds is 7. The summed E-state index contributed by atoms with van der Waals surface area (Å²) in [7, 11) is 0. The van der Waals surface area contributed by atoms with Gasteiger partial charge in [-0.15, -0.1) is 0 Å². The first-order chi connectivity index (χ1) is 15.5. The van der Waals surface area contributed by atoms with Crippen LogP contribution in [0.2, 0.25) is 0 Å². The molecule has 2 aliphatic rings. The summed E-state index contributed by atoms with van der Waals surface area (Å²) < 4.78 is 15.1. The number of halogens is 1. The van der Waals surface area contributed by atoms with E-state index in [9.17, 15) is 4.79 Å². The second kappa shape index (κ2) is 8.34. The van der Waals surface area contributed by atoms with Crippen molar-refractivity contribution in [1.82, 2.24) is 14.9 Å². The number of nitrogens with zero attached hydrogens (tertiary/aromatic N) is 3. The van der Waals surface area contributed by atoms with E-state index in [-0.39, 0.29) is 17.8 Å². The predicted octanol–water partition coefficient (Wildman–Crippen LogP) is 5.38. The predicted molar refractivity (Wildman–Crippen MR) is 123 cm³/mol. The van der Waals surface area contributed by atoms with Crippen molar-refractivity contribution in [2.24, 2.45) is 5.92 Å². The minimum absolute atomic E-state index is 0.0365. The van der Waals surface area contributed by atoms with Gasteiger partial charge in [-0.2, -0.15) is 0 Å². The number of aromatic nitrogens is 2. The fourth-order valence-corrected chi connectivity index (χ4v) is 4.36. The van der Waals surface area contributed by atoms with Crippen molar-refractivity contribution in [1.29, 1.82) is 0 Å². The summed E-state index contributed by atoms with van der Waals surface area (Å²) in [5, 5.41) is 3.38. The summed E-state index contributed by atoms with van der Waals surface area (Å²) in [5.41, 5.74) is 4.91. The van der Waals surface area contributed by atoms with Crippen molar-refractivity contribution in [2.75, 3.05) is 11.9 Å². The number of pyridine rings is 2. The molecule has 6 heteroatoms. The molecular formula is C26H27FN4O. The molecule has 0 radical (unpaired) electrons. The Morgan fingerprint density at radius 1 is 1.12 bits per heavy atom. The van der Waals surface area contributed by atoms with Gasteiger partial charge in [-0.05, 0) is 74.4 Å². The van der Waals surface area contributed by atoms with Crippen LogP contribution < -0.4 is 5.32 Å². The van der Waals surface area contributed by atoms with Crippen molar-refractivity contribution >= 4 is 11.7 Å². The molecule has 0 unspecified atom stereocenters. The normalized spacial score (nSPS) is 16.2. The van der Waals surface area contributed by atoms with Crippen LogP contribution >= 0.6 is 0 Å². The lowest BCUT2D eigenvalue weighted by Gasteiger charge is -2.18. The molecule has 0 spiro atoms. The first kappa shape index (κ1) is 20.6. The van der Waals surface area contributed by atoms with Crippen LogP contribution in [0.4, 0.5) is 10.2 Å². The number of nitrogens with one attached hydrogen (secondary N) is 1. The molecule has 1 aliphatic carbocycles. The van der Waals surface area contributed by atoms with E-state index in [1.165, 1.54) is 12.8 Å². The van der Waals surface area contributed by atoms with Crippen LogP contribution in [-0.2, 0) is 13.0 Å². The molecule has 1 saturated carbocycles. The third kappa shape index (κ3) is 3.97. The average molecular weight is 431 g/mol. The number of benzene rings is 1. The highest BCUT2D eigenvalue weighted by molar-refractivity contribution is 5.99. The molecule has 3 aromatic rings. The van der Waals surface area contributed by atoms with Crippen LogP contribution in [0.25, 0.3) is 11.1 Å². The van der Waals surface area contributed by atoms with E-state index in [2.05, 4.69) is 15.3 Å². The first-order valence-electron chi connectivity index (χ1n) is 11.3. The molecular weight excluding hydrogens is 403 g/mol. The SMILES string of the molecule is CCN1Cc2c(ccnc2N[C@@H](C)c2ccc(-c3ccnc(CC4CC4)c3)c(F)c2)C1=O. The van der Waals surface area contributed by atoms with Gasteiger partial charge in [0.25, 0.3) is 5.91 Å². The maximum absolute atomic E-state index is 15.1. The molecule has 1 N–H and O–H groups in total. The van der Waals surface area contributed by atoms with E-state index in [1.54, 1.807) is 29.4 Å². The number of hydrogen-bond acceptors (Lipinski definition) is 4. The van der Waals surface area contributed by atoms with Gasteiger partial charge in [-0.1, -0.05) is 12.1 Å². The zero-order valence-corrected chi connectivity index (χ0v) is 18.4. The summed E-state index contributed by atoms with van der Waals surface area (Å²) in [5.74, 6) is 1.21. The molecule has 1 amide bonds. The third-order valence-electron chi connectivity index (χ3n) is 6.47. The highest BCUT2D eigenvalue weighted by Gasteiger charge is 2.29. The molecule has 1 fully saturated rings. The van der Waals surface area contributed by atoms with E-state index in [1.807, 2.05) is 38.1 Å². The van der Waals surface area contributed by atoms with Crippen LogP contribution in [0.3, 0.4) is 0 Å². The van der Waals surface area contributed by atoms with Gasteiger partial charge in [0.15, 0.2) is 0 Å². The van der Waals surface area contributed by atoms with Gasteiger partial charge in [-0.25, -0.2) is 9.37 Å². The fraction of sp³-hybridized carbons (Fsp3) is 0.346. The Bertz CT molecular complexity index is 1170. The van der Waals surface area contributed by atoms with Gasteiger partial charge < -0.3 is 10.2 Å². The van der Waals surface area contributed by atoms with E-state index >= 15 is 4.39 Å². The Hall–Kier alpha value is -3.28. The average Bonchev–Trinajstić information content (AvgIpc) is 3.55. The van der Waals surface area contributed by atoms with Crippen molar-refractivity contribution < 1.29 is 9.18 Å². The molecule has 1 aliphatic heterocycles. The molecule has 1 atom stereocenters. The highest BCUT2D eigenvalue weighted by atomic mass is 19.1. The van der Waals surface area contributed by atoms with Gasteiger partial charge in [0.05, 0.1) is 12.6 Å². The summed E-state index contributed by atoms with van der Waals surface area (Å²) in [6.07, 6.45) is 6.93.